The zero-order chi connectivity index (χ0) is 18.9. The highest BCUT2D eigenvalue weighted by Crippen LogP contribution is 2.54. The molecule has 27 heavy (non-hydrogen) atoms. The molecule has 2 aliphatic rings. The second-order valence-corrected chi connectivity index (χ2v) is 7.63. The molecule has 1 aromatic heterocycles. The summed E-state index contributed by atoms with van der Waals surface area (Å²) in [7, 11) is 0. The summed E-state index contributed by atoms with van der Waals surface area (Å²) in [6.07, 6.45) is 2.69. The average Bonchev–Trinajstić information content (AvgIpc) is 2.98. The van der Waals surface area contributed by atoms with Gasteiger partial charge in [0, 0.05) is 45.1 Å². The highest BCUT2D eigenvalue weighted by molar-refractivity contribution is 5.76. The van der Waals surface area contributed by atoms with Crippen molar-refractivity contribution in [1.29, 1.82) is 0 Å². The van der Waals surface area contributed by atoms with Crippen LogP contribution in [0.1, 0.15) is 41.8 Å². The van der Waals surface area contributed by atoms with Gasteiger partial charge in [-0.15, -0.1) is 0 Å². The molecule has 0 radical (unpaired) electrons. The molecule has 144 valence electrons. The first kappa shape index (κ1) is 18.0. The van der Waals surface area contributed by atoms with Gasteiger partial charge in [-0.05, 0) is 25.3 Å². The van der Waals surface area contributed by atoms with E-state index in [1.165, 1.54) is 5.56 Å². The molecule has 0 bridgehead atoms. The number of rotatable bonds is 4. The standard InChI is InChI=1S/C21H27N3O3/c1-15-18(23-16(2)27-15)8-11-22-20(25)24-14-21(9-12-26-13-10-21)19(24)17-6-4-3-5-7-17/h3-7,19H,8-14H2,1-2H3,(H,22,25). The van der Waals surface area contributed by atoms with E-state index in [1.807, 2.05) is 36.9 Å². The molecule has 2 aromatic rings. The van der Waals surface area contributed by atoms with Gasteiger partial charge < -0.3 is 19.4 Å². The van der Waals surface area contributed by atoms with Crippen molar-refractivity contribution in [2.45, 2.75) is 39.2 Å². The molecule has 1 spiro atoms. The third kappa shape index (κ3) is 3.46. The number of hydrogen-bond donors (Lipinski definition) is 1. The first-order valence-corrected chi connectivity index (χ1v) is 9.69. The summed E-state index contributed by atoms with van der Waals surface area (Å²) in [5.41, 5.74) is 2.28. The van der Waals surface area contributed by atoms with E-state index in [2.05, 4.69) is 22.4 Å². The maximum atomic E-state index is 12.9. The zero-order valence-electron chi connectivity index (χ0n) is 16.0. The van der Waals surface area contributed by atoms with Crippen LogP contribution in [0, 0.1) is 19.3 Å². The van der Waals surface area contributed by atoms with Crippen LogP contribution in [0.25, 0.3) is 0 Å². The van der Waals surface area contributed by atoms with Gasteiger partial charge in [-0.25, -0.2) is 9.78 Å². The van der Waals surface area contributed by atoms with Gasteiger partial charge in [-0.2, -0.15) is 0 Å². The lowest BCUT2D eigenvalue weighted by atomic mass is 9.64. The number of aryl methyl sites for hydroxylation is 2. The average molecular weight is 369 g/mol. The Kier molecular flexibility index (Phi) is 4.91. The van der Waals surface area contributed by atoms with Gasteiger partial charge in [-0.3, -0.25) is 0 Å². The Morgan fingerprint density at radius 1 is 1.26 bits per heavy atom. The predicted molar refractivity (Wildman–Crippen MR) is 101 cm³/mol. The van der Waals surface area contributed by atoms with Gasteiger partial charge in [0.25, 0.3) is 0 Å². The lowest BCUT2D eigenvalue weighted by Gasteiger charge is -2.59. The maximum absolute atomic E-state index is 12.9. The Hall–Kier alpha value is -2.34. The fraction of sp³-hybridized carbons (Fsp3) is 0.524. The normalized spacial score (nSPS) is 21.1. The summed E-state index contributed by atoms with van der Waals surface area (Å²) < 4.78 is 11.0. The number of aromatic nitrogens is 1. The molecule has 2 fully saturated rings. The molecule has 1 aromatic carbocycles. The van der Waals surface area contributed by atoms with E-state index in [1.54, 1.807) is 0 Å². The largest absolute Gasteiger partial charge is 0.446 e. The van der Waals surface area contributed by atoms with Crippen LogP contribution in [0.2, 0.25) is 0 Å². The molecular formula is C21H27N3O3. The molecule has 6 heteroatoms. The van der Waals surface area contributed by atoms with Crippen molar-refractivity contribution in [3.8, 4) is 0 Å². The van der Waals surface area contributed by atoms with E-state index in [9.17, 15) is 4.79 Å². The first-order valence-electron chi connectivity index (χ1n) is 9.69. The number of hydrogen-bond acceptors (Lipinski definition) is 4. The van der Waals surface area contributed by atoms with Crippen LogP contribution < -0.4 is 5.32 Å². The molecule has 3 heterocycles. The first-order chi connectivity index (χ1) is 13.1. The quantitative estimate of drug-likeness (QED) is 0.897. The zero-order valence-corrected chi connectivity index (χ0v) is 16.0. The van der Waals surface area contributed by atoms with Gasteiger partial charge >= 0.3 is 6.03 Å². The van der Waals surface area contributed by atoms with Crippen molar-refractivity contribution in [3.05, 3.63) is 53.2 Å². The number of likely N-dealkylation sites (tertiary alicyclic amines) is 1. The monoisotopic (exact) mass is 369 g/mol. The molecule has 4 rings (SSSR count). The Morgan fingerprint density at radius 2 is 2.00 bits per heavy atom. The number of carbonyl (C=O) groups is 1. The van der Waals surface area contributed by atoms with E-state index in [0.717, 1.165) is 44.1 Å². The molecule has 1 unspecified atom stereocenters. The van der Waals surface area contributed by atoms with Crippen LogP contribution in [0.5, 0.6) is 0 Å². The van der Waals surface area contributed by atoms with Crippen molar-refractivity contribution < 1.29 is 13.9 Å². The maximum Gasteiger partial charge on any atom is 0.317 e. The third-order valence-corrected chi connectivity index (χ3v) is 5.88. The van der Waals surface area contributed by atoms with Crippen LogP contribution in [0.3, 0.4) is 0 Å². The van der Waals surface area contributed by atoms with E-state index in [0.29, 0.717) is 18.9 Å². The molecule has 0 saturated carbocycles. The number of carbonyl (C=O) groups excluding carboxylic acids is 1. The van der Waals surface area contributed by atoms with Crippen molar-refractivity contribution in [3.63, 3.8) is 0 Å². The molecule has 2 amide bonds. The Bertz CT molecular complexity index is 796. The molecule has 2 aliphatic heterocycles. The van der Waals surface area contributed by atoms with Gasteiger partial charge in [0.15, 0.2) is 5.89 Å². The number of oxazole rings is 1. The van der Waals surface area contributed by atoms with Crippen LogP contribution in [-0.4, -0.2) is 42.2 Å². The van der Waals surface area contributed by atoms with Crippen molar-refractivity contribution in [2.24, 2.45) is 5.41 Å². The summed E-state index contributed by atoms with van der Waals surface area (Å²) in [5.74, 6) is 1.50. The van der Waals surface area contributed by atoms with Crippen LogP contribution in [0.15, 0.2) is 34.7 Å². The molecule has 2 saturated heterocycles. The second-order valence-electron chi connectivity index (χ2n) is 7.63. The molecule has 1 N–H and O–H groups in total. The number of nitrogens with one attached hydrogen (secondary N) is 1. The number of amides is 2. The Morgan fingerprint density at radius 3 is 2.67 bits per heavy atom. The van der Waals surface area contributed by atoms with Crippen molar-refractivity contribution in [2.75, 3.05) is 26.3 Å². The van der Waals surface area contributed by atoms with Gasteiger partial charge in [0.05, 0.1) is 11.7 Å². The SMILES string of the molecule is Cc1nc(CCNC(=O)N2CC3(CCOCC3)C2c2ccccc2)c(C)o1. The van der Waals surface area contributed by atoms with Crippen molar-refractivity contribution in [1.82, 2.24) is 15.2 Å². The van der Waals surface area contributed by atoms with Crippen molar-refractivity contribution >= 4 is 6.03 Å². The predicted octanol–water partition coefficient (Wildman–Crippen LogP) is 3.40. The minimum Gasteiger partial charge on any atom is -0.446 e. The summed E-state index contributed by atoms with van der Waals surface area (Å²) in [5, 5.41) is 3.07. The van der Waals surface area contributed by atoms with E-state index < -0.39 is 0 Å². The van der Waals surface area contributed by atoms with Crippen LogP contribution in [-0.2, 0) is 11.2 Å². The van der Waals surface area contributed by atoms with E-state index in [4.69, 9.17) is 9.15 Å². The molecule has 1 atom stereocenters. The summed E-state index contributed by atoms with van der Waals surface area (Å²) >= 11 is 0. The summed E-state index contributed by atoms with van der Waals surface area (Å²) in [4.78, 5) is 19.2. The Labute approximate surface area is 159 Å². The lowest BCUT2D eigenvalue weighted by molar-refractivity contribution is -0.111. The topological polar surface area (TPSA) is 67.6 Å². The fourth-order valence-electron chi connectivity index (χ4n) is 4.50. The molecular weight excluding hydrogens is 342 g/mol. The lowest BCUT2D eigenvalue weighted by Crippen LogP contribution is -2.64. The number of nitrogens with zero attached hydrogens (tertiary/aromatic N) is 2. The molecule has 6 nitrogen and oxygen atoms in total. The smallest absolute Gasteiger partial charge is 0.317 e. The van der Waals surface area contributed by atoms with Gasteiger partial charge in [0.2, 0.25) is 0 Å². The minimum absolute atomic E-state index is 0.00107. The van der Waals surface area contributed by atoms with Crippen LogP contribution in [0.4, 0.5) is 4.79 Å². The van der Waals surface area contributed by atoms with Gasteiger partial charge in [-0.1, -0.05) is 30.3 Å². The van der Waals surface area contributed by atoms with E-state index >= 15 is 0 Å². The molecule has 0 aliphatic carbocycles. The fourth-order valence-corrected chi connectivity index (χ4v) is 4.50. The summed E-state index contributed by atoms with van der Waals surface area (Å²) in [6, 6.07) is 10.5. The van der Waals surface area contributed by atoms with E-state index in [-0.39, 0.29) is 17.5 Å². The third-order valence-electron chi connectivity index (χ3n) is 5.88. The summed E-state index contributed by atoms with van der Waals surface area (Å²) in [6.45, 7) is 6.66. The minimum atomic E-state index is -0.00107. The van der Waals surface area contributed by atoms with Crippen LogP contribution >= 0.6 is 0 Å². The van der Waals surface area contributed by atoms with Gasteiger partial charge in [0.1, 0.15) is 5.76 Å². The highest BCUT2D eigenvalue weighted by Gasteiger charge is 2.55. The number of benzene rings is 1. The Balaban J connectivity index is 1.42. The number of urea groups is 1. The second kappa shape index (κ2) is 7.35. The number of ether oxygens (including phenoxy) is 1. The highest BCUT2D eigenvalue weighted by atomic mass is 16.5.